The average Bonchev–Trinajstić information content (AvgIpc) is 2.89. The molecule has 0 aromatic heterocycles. The maximum absolute atomic E-state index is 12.3. The van der Waals surface area contributed by atoms with Gasteiger partial charge in [-0.1, -0.05) is 11.6 Å². The number of carbonyl (C=O) groups excluding carboxylic acids is 2. The van der Waals surface area contributed by atoms with E-state index in [1.807, 2.05) is 0 Å². The highest BCUT2D eigenvalue weighted by Gasteiger charge is 2.41. The van der Waals surface area contributed by atoms with Crippen molar-refractivity contribution < 1.29 is 14.5 Å². The number of benzene rings is 2. The molecule has 2 aromatic rings. The summed E-state index contributed by atoms with van der Waals surface area (Å²) in [6.07, 6.45) is -0.718. The predicted molar refractivity (Wildman–Crippen MR) is 93.6 cm³/mol. The van der Waals surface area contributed by atoms with Crippen molar-refractivity contribution in [1.82, 2.24) is 0 Å². The Labute approximate surface area is 148 Å². The topological polar surface area (TPSA) is 83.8 Å². The van der Waals surface area contributed by atoms with Crippen LogP contribution in [0.2, 0.25) is 5.02 Å². The third-order valence-corrected chi connectivity index (χ3v) is 4.26. The molecular formula is C17H14ClN3O4. The zero-order chi connectivity index (χ0) is 18.3. The fraction of sp³-hybridized carbons (Fsp3) is 0.176. The highest BCUT2D eigenvalue weighted by atomic mass is 35.5. The Morgan fingerprint density at radius 2 is 1.56 bits per heavy atom. The number of fused-ring (bicyclic) bond motifs is 1. The molecule has 0 saturated heterocycles. The summed E-state index contributed by atoms with van der Waals surface area (Å²) >= 11 is 6.05. The molecule has 0 saturated carbocycles. The van der Waals surface area contributed by atoms with E-state index in [4.69, 9.17) is 11.6 Å². The molecule has 7 nitrogen and oxygen atoms in total. The summed E-state index contributed by atoms with van der Waals surface area (Å²) in [6, 6.07) is 10.7. The van der Waals surface area contributed by atoms with Crippen LogP contribution in [0.5, 0.6) is 0 Å². The van der Waals surface area contributed by atoms with Gasteiger partial charge < -0.3 is 0 Å². The molecule has 0 radical (unpaired) electrons. The predicted octanol–water partition coefficient (Wildman–Crippen LogP) is 3.67. The SMILES string of the molecule is CC(=O)N1c2ccc(Cl)cc2N(C(C)=O)C1c1ccc([N+](=O)[O-])cc1. The van der Waals surface area contributed by atoms with Gasteiger partial charge in [-0.3, -0.25) is 29.5 Å². The highest BCUT2D eigenvalue weighted by Crippen LogP contribution is 2.47. The lowest BCUT2D eigenvalue weighted by molar-refractivity contribution is -0.384. The van der Waals surface area contributed by atoms with Gasteiger partial charge in [-0.25, -0.2) is 0 Å². The number of nitro groups is 1. The Hall–Kier alpha value is -2.93. The van der Waals surface area contributed by atoms with Crippen LogP contribution >= 0.6 is 11.6 Å². The van der Waals surface area contributed by atoms with Crippen LogP contribution in [-0.4, -0.2) is 16.7 Å². The minimum Gasteiger partial charge on any atom is -0.285 e. The van der Waals surface area contributed by atoms with Crippen LogP contribution in [0.1, 0.15) is 25.6 Å². The molecule has 1 aliphatic rings. The number of rotatable bonds is 2. The third-order valence-electron chi connectivity index (χ3n) is 4.03. The molecule has 1 atom stereocenters. The summed E-state index contributed by atoms with van der Waals surface area (Å²) in [5.74, 6) is -0.522. The number of nitrogens with zero attached hydrogens (tertiary/aromatic N) is 3. The smallest absolute Gasteiger partial charge is 0.269 e. The van der Waals surface area contributed by atoms with Crippen LogP contribution in [0.25, 0.3) is 0 Å². The molecule has 1 unspecified atom stereocenters. The molecule has 1 aliphatic heterocycles. The quantitative estimate of drug-likeness (QED) is 0.605. The number of hydrogen-bond acceptors (Lipinski definition) is 4. The first-order chi connectivity index (χ1) is 11.8. The number of anilines is 2. The Morgan fingerprint density at radius 3 is 2.08 bits per heavy atom. The van der Waals surface area contributed by atoms with E-state index in [0.29, 0.717) is 22.0 Å². The second-order valence-electron chi connectivity index (χ2n) is 5.63. The molecule has 0 N–H and O–H groups in total. The average molecular weight is 360 g/mol. The van der Waals surface area contributed by atoms with Crippen LogP contribution < -0.4 is 9.80 Å². The second kappa shape index (κ2) is 6.18. The first-order valence-electron chi connectivity index (χ1n) is 7.44. The minimum atomic E-state index is -0.718. The summed E-state index contributed by atoms with van der Waals surface area (Å²) < 4.78 is 0. The van der Waals surface area contributed by atoms with Crippen LogP contribution in [0.3, 0.4) is 0 Å². The first-order valence-corrected chi connectivity index (χ1v) is 7.82. The van der Waals surface area contributed by atoms with E-state index in [1.54, 1.807) is 30.3 Å². The molecule has 0 fully saturated rings. The van der Waals surface area contributed by atoms with Crippen molar-refractivity contribution in [3.05, 3.63) is 63.2 Å². The van der Waals surface area contributed by atoms with E-state index in [1.165, 1.54) is 35.8 Å². The fourth-order valence-corrected chi connectivity index (χ4v) is 3.19. The van der Waals surface area contributed by atoms with Gasteiger partial charge in [0.25, 0.3) is 5.69 Å². The molecule has 0 aliphatic carbocycles. The van der Waals surface area contributed by atoms with Crippen LogP contribution in [0, 0.1) is 10.1 Å². The molecule has 2 amide bonds. The normalized spacial score (nSPS) is 15.9. The van der Waals surface area contributed by atoms with Crippen LogP contribution in [-0.2, 0) is 9.59 Å². The molecule has 25 heavy (non-hydrogen) atoms. The minimum absolute atomic E-state index is 0.0638. The number of halogens is 1. The van der Waals surface area contributed by atoms with Crippen molar-refractivity contribution in [2.24, 2.45) is 0 Å². The summed E-state index contributed by atoms with van der Waals surface area (Å²) in [6.45, 7) is 2.80. The van der Waals surface area contributed by atoms with E-state index < -0.39 is 11.1 Å². The highest BCUT2D eigenvalue weighted by molar-refractivity contribution is 6.31. The van der Waals surface area contributed by atoms with Crippen LogP contribution in [0.4, 0.5) is 17.1 Å². The van der Waals surface area contributed by atoms with Gasteiger partial charge in [0.2, 0.25) is 11.8 Å². The van der Waals surface area contributed by atoms with Gasteiger partial charge >= 0.3 is 0 Å². The zero-order valence-electron chi connectivity index (χ0n) is 13.5. The molecular weight excluding hydrogens is 346 g/mol. The van der Waals surface area contributed by atoms with Crippen molar-refractivity contribution in [2.45, 2.75) is 20.0 Å². The molecule has 8 heteroatoms. The van der Waals surface area contributed by atoms with E-state index in [2.05, 4.69) is 0 Å². The van der Waals surface area contributed by atoms with Crippen molar-refractivity contribution in [2.75, 3.05) is 9.80 Å². The number of non-ortho nitro benzene ring substituents is 1. The van der Waals surface area contributed by atoms with Crippen molar-refractivity contribution in [1.29, 1.82) is 0 Å². The number of hydrogen-bond donors (Lipinski definition) is 0. The van der Waals surface area contributed by atoms with E-state index >= 15 is 0 Å². The van der Waals surface area contributed by atoms with Gasteiger partial charge in [0.1, 0.15) is 6.17 Å². The first kappa shape index (κ1) is 16.9. The van der Waals surface area contributed by atoms with Gasteiger partial charge in [0.05, 0.1) is 16.3 Å². The van der Waals surface area contributed by atoms with Crippen molar-refractivity contribution in [3.8, 4) is 0 Å². The number of carbonyl (C=O) groups is 2. The zero-order valence-corrected chi connectivity index (χ0v) is 14.2. The summed E-state index contributed by atoms with van der Waals surface area (Å²) in [4.78, 5) is 37.8. The standard InChI is InChI=1S/C17H14ClN3O4/c1-10(22)19-15-8-5-13(18)9-16(15)20(11(2)23)17(19)12-3-6-14(7-4-12)21(24)25/h3-9,17H,1-2H3. The monoisotopic (exact) mass is 359 g/mol. The maximum Gasteiger partial charge on any atom is 0.269 e. The summed E-state index contributed by atoms with van der Waals surface area (Å²) in [7, 11) is 0. The lowest BCUT2D eigenvalue weighted by Gasteiger charge is -2.29. The van der Waals surface area contributed by atoms with E-state index in [0.717, 1.165) is 0 Å². The van der Waals surface area contributed by atoms with Gasteiger partial charge in [-0.05, 0) is 35.9 Å². The van der Waals surface area contributed by atoms with Gasteiger partial charge in [-0.15, -0.1) is 0 Å². The number of nitro benzene ring substituents is 1. The van der Waals surface area contributed by atoms with Crippen molar-refractivity contribution in [3.63, 3.8) is 0 Å². The van der Waals surface area contributed by atoms with E-state index in [9.17, 15) is 19.7 Å². The Morgan fingerprint density at radius 1 is 1.00 bits per heavy atom. The van der Waals surface area contributed by atoms with Crippen molar-refractivity contribution >= 4 is 40.5 Å². The lowest BCUT2D eigenvalue weighted by atomic mass is 10.1. The van der Waals surface area contributed by atoms with Gasteiger partial charge in [0, 0.05) is 31.0 Å². The Balaban J connectivity index is 2.17. The molecule has 2 aromatic carbocycles. The molecule has 3 rings (SSSR count). The largest absolute Gasteiger partial charge is 0.285 e. The Bertz CT molecular complexity index is 882. The lowest BCUT2D eigenvalue weighted by Crippen LogP contribution is -2.40. The second-order valence-corrected chi connectivity index (χ2v) is 6.07. The summed E-state index contributed by atoms with van der Waals surface area (Å²) in [5.41, 5.74) is 1.61. The van der Waals surface area contributed by atoms with Gasteiger partial charge in [0.15, 0.2) is 0 Å². The molecule has 0 bridgehead atoms. The molecule has 0 spiro atoms. The summed E-state index contributed by atoms with van der Waals surface area (Å²) in [5, 5.41) is 11.3. The molecule has 1 heterocycles. The maximum atomic E-state index is 12.3. The third kappa shape index (κ3) is 2.83. The van der Waals surface area contributed by atoms with Gasteiger partial charge in [-0.2, -0.15) is 0 Å². The van der Waals surface area contributed by atoms with Crippen LogP contribution in [0.15, 0.2) is 42.5 Å². The Kier molecular flexibility index (Phi) is 4.18. The molecule has 128 valence electrons. The fourth-order valence-electron chi connectivity index (χ4n) is 3.02. The number of amides is 2. The van der Waals surface area contributed by atoms with E-state index in [-0.39, 0.29) is 17.5 Å².